The first-order chi connectivity index (χ1) is 12.2. The molecule has 1 aromatic heterocycles. The van der Waals surface area contributed by atoms with Crippen LogP contribution < -0.4 is 0 Å². The van der Waals surface area contributed by atoms with E-state index in [1.165, 1.54) is 0 Å². The normalized spacial score (nSPS) is 15.4. The van der Waals surface area contributed by atoms with Crippen molar-refractivity contribution in [2.45, 2.75) is 61.3 Å². The van der Waals surface area contributed by atoms with E-state index >= 15 is 0 Å². The van der Waals surface area contributed by atoms with Gasteiger partial charge in [0, 0.05) is 29.7 Å². The Morgan fingerprint density at radius 1 is 0.885 bits per heavy atom. The molecule has 1 aromatic rings. The van der Waals surface area contributed by atoms with E-state index in [1.807, 2.05) is 33.9 Å². The lowest BCUT2D eigenvalue weighted by Crippen LogP contribution is -2.00. The Morgan fingerprint density at radius 3 is 1.77 bits per heavy atom. The number of nitrogens with zero attached hydrogens (tertiary/aromatic N) is 6. The van der Waals surface area contributed by atoms with Crippen molar-refractivity contribution in [1.29, 1.82) is 0 Å². The average molecular weight is 361 g/mol. The topological polar surface area (TPSA) is 88.4 Å². The first-order valence-corrected chi connectivity index (χ1v) is 9.16. The molecule has 0 fully saturated rings. The maximum Gasteiger partial charge on any atom is 0.229 e. The highest BCUT2D eigenvalue weighted by Crippen LogP contribution is 2.09. The highest BCUT2D eigenvalue weighted by molar-refractivity contribution is 6.03. The third-order valence-electron chi connectivity index (χ3n) is 3.40. The standard InChI is InChI=1S/C7H12N2.C6H10N2O.C6H10N2/c1-5(2)7-8-4-6(3)9-7;1-4(2)6-7-5(3)8-9-6;1-5(2)6-7-3-4-8-6/h5H,4H2,1-3H3;4H,1-3H3;3,5H,4H2,1-2H3. The van der Waals surface area contributed by atoms with E-state index in [-0.39, 0.29) is 0 Å². The second kappa shape index (κ2) is 10.7. The van der Waals surface area contributed by atoms with E-state index in [0.29, 0.717) is 29.5 Å². The molecule has 0 N–H and O–H groups in total. The summed E-state index contributed by atoms with van der Waals surface area (Å²) >= 11 is 0. The van der Waals surface area contributed by atoms with Crippen LogP contribution in [0.1, 0.15) is 66.1 Å². The van der Waals surface area contributed by atoms with Crippen molar-refractivity contribution in [2.24, 2.45) is 31.8 Å². The number of amidine groups is 2. The van der Waals surface area contributed by atoms with Gasteiger partial charge in [-0.1, -0.05) is 46.7 Å². The lowest BCUT2D eigenvalue weighted by molar-refractivity contribution is 0.362. The lowest BCUT2D eigenvalue weighted by Gasteiger charge is -1.97. The van der Waals surface area contributed by atoms with Crippen molar-refractivity contribution in [3.05, 3.63) is 11.7 Å². The maximum absolute atomic E-state index is 4.86. The zero-order valence-corrected chi connectivity index (χ0v) is 17.3. The fourth-order valence-corrected chi connectivity index (χ4v) is 1.96. The van der Waals surface area contributed by atoms with Crippen LogP contribution in [0.3, 0.4) is 0 Å². The molecule has 3 heterocycles. The van der Waals surface area contributed by atoms with Gasteiger partial charge in [0.15, 0.2) is 5.82 Å². The molecule has 3 rings (SSSR count). The Kier molecular flexibility index (Phi) is 9.02. The molecule has 26 heavy (non-hydrogen) atoms. The molecular weight excluding hydrogens is 328 g/mol. The molecule has 0 saturated heterocycles. The summed E-state index contributed by atoms with van der Waals surface area (Å²) in [7, 11) is 0. The molecule has 0 amide bonds. The SMILES string of the molecule is CC(C)C1=NCC=N1.CC1=NC(C(C)C)=NC1.Cc1noc(C(C)C)n1. The van der Waals surface area contributed by atoms with Crippen molar-refractivity contribution in [2.75, 3.05) is 13.1 Å². The van der Waals surface area contributed by atoms with E-state index in [9.17, 15) is 0 Å². The minimum absolute atomic E-state index is 0.339. The lowest BCUT2D eigenvalue weighted by atomic mass is 10.2. The zero-order chi connectivity index (χ0) is 19.7. The number of aliphatic imine (C=N–C) groups is 4. The largest absolute Gasteiger partial charge is 0.339 e. The quantitative estimate of drug-likeness (QED) is 0.811. The predicted molar refractivity (Wildman–Crippen MR) is 109 cm³/mol. The minimum atomic E-state index is 0.339. The van der Waals surface area contributed by atoms with Crippen molar-refractivity contribution < 1.29 is 4.52 Å². The van der Waals surface area contributed by atoms with Crippen LogP contribution in [0.4, 0.5) is 0 Å². The molecule has 7 nitrogen and oxygen atoms in total. The zero-order valence-electron chi connectivity index (χ0n) is 17.3. The first-order valence-electron chi connectivity index (χ1n) is 9.16. The molecule has 0 bridgehead atoms. The fourth-order valence-electron chi connectivity index (χ4n) is 1.96. The molecule has 0 atom stereocenters. The molecular formula is C19H32N6O. The minimum Gasteiger partial charge on any atom is -0.339 e. The van der Waals surface area contributed by atoms with Crippen molar-refractivity contribution >= 4 is 23.6 Å². The van der Waals surface area contributed by atoms with Crippen LogP contribution in [0.25, 0.3) is 0 Å². The summed E-state index contributed by atoms with van der Waals surface area (Å²) in [4.78, 5) is 20.7. The monoisotopic (exact) mass is 360 g/mol. The van der Waals surface area contributed by atoms with Crippen molar-refractivity contribution in [3.8, 4) is 0 Å². The van der Waals surface area contributed by atoms with Crippen LogP contribution >= 0.6 is 0 Å². The summed E-state index contributed by atoms with van der Waals surface area (Å²) < 4.78 is 4.86. The highest BCUT2D eigenvalue weighted by Gasteiger charge is 2.08. The molecule has 144 valence electrons. The molecule has 0 aromatic carbocycles. The van der Waals surface area contributed by atoms with Crippen LogP contribution in [-0.4, -0.2) is 46.8 Å². The summed E-state index contributed by atoms with van der Waals surface area (Å²) in [5.74, 6) is 4.74. The van der Waals surface area contributed by atoms with Gasteiger partial charge in [-0.05, 0) is 13.8 Å². The molecule has 0 radical (unpaired) electrons. The summed E-state index contributed by atoms with van der Waals surface area (Å²) in [6.07, 6.45) is 1.84. The number of hydrogen-bond acceptors (Lipinski definition) is 7. The van der Waals surface area contributed by atoms with Gasteiger partial charge in [-0.3, -0.25) is 9.98 Å². The van der Waals surface area contributed by atoms with Crippen molar-refractivity contribution in [1.82, 2.24) is 10.1 Å². The number of rotatable bonds is 3. The Labute approximate surface area is 156 Å². The number of aryl methyl sites for hydroxylation is 1. The second-order valence-corrected chi connectivity index (χ2v) is 7.18. The van der Waals surface area contributed by atoms with E-state index < -0.39 is 0 Å². The molecule has 2 aliphatic rings. The van der Waals surface area contributed by atoms with Crippen LogP contribution in [0.15, 0.2) is 24.5 Å². The van der Waals surface area contributed by atoms with Crippen LogP contribution in [0, 0.1) is 18.8 Å². The molecule has 0 saturated carbocycles. The Hall–Kier alpha value is -2.18. The van der Waals surface area contributed by atoms with Crippen LogP contribution in [0.5, 0.6) is 0 Å². The molecule has 0 spiro atoms. The molecule has 2 aliphatic heterocycles. The summed E-state index contributed by atoms with van der Waals surface area (Å²) in [6, 6.07) is 0. The van der Waals surface area contributed by atoms with Crippen LogP contribution in [-0.2, 0) is 0 Å². The molecule has 7 heteroatoms. The van der Waals surface area contributed by atoms with Gasteiger partial charge in [0.25, 0.3) is 0 Å². The second-order valence-electron chi connectivity index (χ2n) is 7.18. The van der Waals surface area contributed by atoms with Gasteiger partial charge in [0.05, 0.1) is 13.1 Å². The first kappa shape index (κ1) is 21.9. The fraction of sp³-hybridized carbons (Fsp3) is 0.684. The van der Waals surface area contributed by atoms with Gasteiger partial charge in [-0.15, -0.1) is 0 Å². The average Bonchev–Trinajstić information content (AvgIpc) is 3.28. The van der Waals surface area contributed by atoms with Gasteiger partial charge in [-0.25, -0.2) is 9.98 Å². The Bertz CT molecular complexity index is 680. The van der Waals surface area contributed by atoms with Gasteiger partial charge < -0.3 is 4.52 Å². The van der Waals surface area contributed by atoms with E-state index in [1.54, 1.807) is 0 Å². The maximum atomic E-state index is 4.86. The van der Waals surface area contributed by atoms with Gasteiger partial charge in [0.1, 0.15) is 11.7 Å². The number of aromatic nitrogens is 2. The smallest absolute Gasteiger partial charge is 0.229 e. The van der Waals surface area contributed by atoms with Gasteiger partial charge in [0.2, 0.25) is 5.89 Å². The highest BCUT2D eigenvalue weighted by atomic mass is 16.5. The van der Waals surface area contributed by atoms with Gasteiger partial charge in [-0.2, -0.15) is 4.98 Å². The Balaban J connectivity index is 0.000000195. The predicted octanol–water partition coefficient (Wildman–Crippen LogP) is 4.14. The van der Waals surface area contributed by atoms with Gasteiger partial charge >= 0.3 is 0 Å². The summed E-state index contributed by atoms with van der Waals surface area (Å²) in [6.45, 7) is 17.9. The molecule has 0 aliphatic carbocycles. The summed E-state index contributed by atoms with van der Waals surface area (Å²) in [5, 5.41) is 3.65. The van der Waals surface area contributed by atoms with Crippen LogP contribution in [0.2, 0.25) is 0 Å². The number of hydrogen-bond donors (Lipinski definition) is 0. The Morgan fingerprint density at radius 2 is 1.54 bits per heavy atom. The molecule has 0 unspecified atom stereocenters. The third-order valence-corrected chi connectivity index (χ3v) is 3.40. The van der Waals surface area contributed by atoms with E-state index in [4.69, 9.17) is 4.52 Å². The van der Waals surface area contributed by atoms with Crippen molar-refractivity contribution in [3.63, 3.8) is 0 Å². The third kappa shape index (κ3) is 7.80. The summed E-state index contributed by atoms with van der Waals surface area (Å²) in [5.41, 5.74) is 1.14. The van der Waals surface area contributed by atoms with E-state index in [0.717, 1.165) is 30.5 Å². The van der Waals surface area contributed by atoms with E-state index in [2.05, 4.69) is 57.8 Å².